The second-order valence-corrected chi connectivity index (χ2v) is 8.26. The third-order valence-corrected chi connectivity index (χ3v) is 6.33. The van der Waals surface area contributed by atoms with Gasteiger partial charge in [0.1, 0.15) is 17.6 Å². The van der Waals surface area contributed by atoms with Crippen molar-refractivity contribution in [2.75, 3.05) is 44.0 Å². The number of piperidine rings is 1. The lowest BCUT2D eigenvalue weighted by Gasteiger charge is -2.42. The molecule has 3 N–H and O–H groups in total. The van der Waals surface area contributed by atoms with Crippen LogP contribution in [0.15, 0.2) is 30.7 Å². The Bertz CT molecular complexity index is 1270. The Hall–Kier alpha value is -3.31. The minimum Gasteiger partial charge on any atom is -0.378 e. The number of halogens is 1. The molecule has 0 spiro atoms. The Kier molecular flexibility index (Phi) is 4.65. The maximum atomic E-state index is 14.9. The summed E-state index contributed by atoms with van der Waals surface area (Å²) in [7, 11) is 1.81. The molecule has 4 aromatic rings. The summed E-state index contributed by atoms with van der Waals surface area (Å²) in [6, 6.07) is 3.79. The van der Waals surface area contributed by atoms with Gasteiger partial charge < -0.3 is 20.4 Å². The van der Waals surface area contributed by atoms with E-state index < -0.39 is 6.17 Å². The number of rotatable bonds is 5. The molecule has 4 aromatic heterocycles. The van der Waals surface area contributed by atoms with Crippen LogP contribution in [0.5, 0.6) is 0 Å². The van der Waals surface area contributed by atoms with Gasteiger partial charge in [-0.3, -0.25) is 4.90 Å². The summed E-state index contributed by atoms with van der Waals surface area (Å²) < 4.78 is 21.8. The highest BCUT2D eigenvalue weighted by Crippen LogP contribution is 2.32. The third-order valence-electron chi connectivity index (χ3n) is 6.33. The van der Waals surface area contributed by atoms with Gasteiger partial charge in [-0.25, -0.2) is 13.9 Å². The molecule has 0 bridgehead atoms. The Morgan fingerprint density at radius 2 is 2.12 bits per heavy atom. The normalized spacial score (nSPS) is 22.3. The van der Waals surface area contributed by atoms with Crippen LogP contribution in [0.3, 0.4) is 0 Å². The van der Waals surface area contributed by atoms with Gasteiger partial charge in [-0.1, -0.05) is 0 Å². The Morgan fingerprint density at radius 1 is 1.22 bits per heavy atom. The van der Waals surface area contributed by atoms with Crippen LogP contribution < -0.4 is 10.6 Å². The summed E-state index contributed by atoms with van der Waals surface area (Å²) >= 11 is 0. The van der Waals surface area contributed by atoms with Crippen LogP contribution in [0, 0.1) is 0 Å². The first-order valence-corrected chi connectivity index (χ1v) is 10.8. The lowest BCUT2D eigenvalue weighted by atomic mass is 10.0. The molecule has 0 saturated carbocycles. The summed E-state index contributed by atoms with van der Waals surface area (Å²) in [6.07, 6.45) is 5.16. The van der Waals surface area contributed by atoms with Crippen molar-refractivity contribution in [1.82, 2.24) is 34.4 Å². The van der Waals surface area contributed by atoms with Crippen LogP contribution in [-0.4, -0.2) is 86.1 Å². The maximum absolute atomic E-state index is 14.9. The maximum Gasteiger partial charge on any atom is 0.226 e. The van der Waals surface area contributed by atoms with Crippen LogP contribution in [0.25, 0.3) is 27.9 Å². The highest BCUT2D eigenvalue weighted by molar-refractivity contribution is 6.00. The summed E-state index contributed by atoms with van der Waals surface area (Å²) in [5, 5.41) is 11.4. The molecule has 0 aromatic carbocycles. The van der Waals surface area contributed by atoms with Crippen LogP contribution in [0.2, 0.25) is 0 Å². The van der Waals surface area contributed by atoms with E-state index in [1.807, 2.05) is 31.6 Å². The number of aromatic amines is 1. The molecule has 2 atom stereocenters. The zero-order valence-corrected chi connectivity index (χ0v) is 17.6. The first-order chi connectivity index (χ1) is 15.7. The van der Waals surface area contributed by atoms with E-state index in [-0.39, 0.29) is 6.04 Å². The number of aromatic nitrogens is 6. The summed E-state index contributed by atoms with van der Waals surface area (Å²) in [6.45, 7) is 2.65. The highest BCUT2D eigenvalue weighted by Gasteiger charge is 2.35. The zero-order valence-electron chi connectivity index (χ0n) is 17.6. The van der Waals surface area contributed by atoms with E-state index in [0.717, 1.165) is 28.8 Å². The summed E-state index contributed by atoms with van der Waals surface area (Å²) in [4.78, 5) is 19.3. The molecule has 6 rings (SSSR count). The predicted octanol–water partition coefficient (Wildman–Crippen LogP) is 1.93. The van der Waals surface area contributed by atoms with Gasteiger partial charge in [0.05, 0.1) is 42.6 Å². The number of alkyl halides is 1. The Labute approximate surface area is 183 Å². The van der Waals surface area contributed by atoms with Crippen molar-refractivity contribution < 1.29 is 9.13 Å². The van der Waals surface area contributed by atoms with E-state index in [1.54, 1.807) is 10.7 Å². The molecule has 2 saturated heterocycles. The number of hydrogen-bond acceptors (Lipinski definition) is 8. The average molecular weight is 437 g/mol. The summed E-state index contributed by atoms with van der Waals surface area (Å²) in [5.74, 6) is 1.06. The second kappa shape index (κ2) is 7.68. The number of H-pyrrole nitrogens is 1. The molecule has 11 heteroatoms. The number of fused-ring (bicyclic) bond motifs is 2. The van der Waals surface area contributed by atoms with Crippen LogP contribution >= 0.6 is 0 Å². The van der Waals surface area contributed by atoms with E-state index in [0.29, 0.717) is 49.6 Å². The monoisotopic (exact) mass is 437 g/mol. The molecular weight excluding hydrogens is 413 g/mol. The van der Waals surface area contributed by atoms with E-state index in [2.05, 4.69) is 40.6 Å². The van der Waals surface area contributed by atoms with Crippen molar-refractivity contribution in [3.8, 4) is 11.3 Å². The van der Waals surface area contributed by atoms with E-state index in [1.165, 1.54) is 0 Å². The van der Waals surface area contributed by atoms with Crippen LogP contribution in [0.4, 0.5) is 16.2 Å². The first kappa shape index (κ1) is 19.4. The predicted molar refractivity (Wildman–Crippen MR) is 119 cm³/mol. The van der Waals surface area contributed by atoms with Crippen LogP contribution in [-0.2, 0) is 4.74 Å². The van der Waals surface area contributed by atoms with Gasteiger partial charge in [-0.15, -0.1) is 0 Å². The second-order valence-electron chi connectivity index (χ2n) is 8.26. The molecule has 2 fully saturated rings. The number of ether oxygens (including phenoxy) is 1. The number of hydrogen-bond donors (Lipinski definition) is 3. The molecule has 0 amide bonds. The minimum absolute atomic E-state index is 0.324. The Morgan fingerprint density at radius 3 is 2.91 bits per heavy atom. The van der Waals surface area contributed by atoms with Gasteiger partial charge in [0.15, 0.2) is 5.65 Å². The molecule has 0 unspecified atom stereocenters. The zero-order chi connectivity index (χ0) is 21.7. The largest absolute Gasteiger partial charge is 0.378 e. The van der Waals surface area contributed by atoms with E-state index in [4.69, 9.17) is 4.74 Å². The molecule has 10 nitrogen and oxygen atoms in total. The molecule has 166 valence electrons. The quantitative estimate of drug-likeness (QED) is 0.435. The number of nitrogens with one attached hydrogen (secondary N) is 3. The lowest BCUT2D eigenvalue weighted by Crippen LogP contribution is -2.57. The number of nitrogens with zero attached hydrogens (tertiary/aromatic N) is 6. The molecule has 0 aliphatic carbocycles. The van der Waals surface area contributed by atoms with Crippen molar-refractivity contribution in [3.63, 3.8) is 0 Å². The fraction of sp³-hybridized carbons (Fsp3) is 0.429. The summed E-state index contributed by atoms with van der Waals surface area (Å²) in [5.41, 5.74) is 3.10. The molecule has 32 heavy (non-hydrogen) atoms. The van der Waals surface area contributed by atoms with Crippen LogP contribution in [0.1, 0.15) is 6.42 Å². The van der Waals surface area contributed by atoms with Gasteiger partial charge in [-0.2, -0.15) is 15.1 Å². The number of likely N-dealkylation sites (tertiary alicyclic amines) is 1. The minimum atomic E-state index is -0.993. The molecule has 0 radical (unpaired) electrons. The van der Waals surface area contributed by atoms with Crippen molar-refractivity contribution in [3.05, 3.63) is 30.7 Å². The van der Waals surface area contributed by atoms with Gasteiger partial charge in [-0.05, 0) is 12.5 Å². The molecular formula is C21H24FN9O. The SMILES string of the molecule is CNc1nc(N[C@@H]2CCN(C3COC3)C[C@@H]2F)nc2[nH]cc(-c3ccn4nccc4n3)c12. The van der Waals surface area contributed by atoms with Gasteiger partial charge >= 0.3 is 0 Å². The van der Waals surface area contributed by atoms with Gasteiger partial charge in [0, 0.05) is 44.2 Å². The number of anilines is 2. The third kappa shape index (κ3) is 3.24. The van der Waals surface area contributed by atoms with Crippen molar-refractivity contribution >= 4 is 28.4 Å². The fourth-order valence-corrected chi connectivity index (χ4v) is 4.47. The van der Waals surface area contributed by atoms with Crippen molar-refractivity contribution in [2.45, 2.75) is 24.7 Å². The Balaban J connectivity index is 1.28. The van der Waals surface area contributed by atoms with Crippen molar-refractivity contribution in [2.24, 2.45) is 0 Å². The molecule has 6 heterocycles. The molecule has 2 aliphatic heterocycles. The first-order valence-electron chi connectivity index (χ1n) is 10.8. The standard InChI is InChI=1S/C21H24FN9O/c1-23-19-18-13(15-4-7-31-17(26-15)2-5-25-31)8-24-20(18)29-21(28-19)27-16-3-6-30(9-14(16)22)12-10-32-11-12/h2,4-5,7-8,12,14,16H,3,6,9-11H2,1H3,(H3,23,24,27,28,29)/t14-,16+/m0/s1. The van der Waals surface area contributed by atoms with E-state index in [9.17, 15) is 4.39 Å². The fourth-order valence-electron chi connectivity index (χ4n) is 4.47. The lowest BCUT2D eigenvalue weighted by molar-refractivity contribution is -0.0794. The average Bonchev–Trinajstić information content (AvgIpc) is 3.40. The smallest absolute Gasteiger partial charge is 0.226 e. The van der Waals surface area contributed by atoms with Crippen molar-refractivity contribution in [1.29, 1.82) is 0 Å². The van der Waals surface area contributed by atoms with Gasteiger partial charge in [0.25, 0.3) is 0 Å². The topological polar surface area (TPSA) is 108 Å². The van der Waals surface area contributed by atoms with E-state index >= 15 is 0 Å². The van der Waals surface area contributed by atoms with Gasteiger partial charge in [0.2, 0.25) is 5.95 Å². The molecule has 2 aliphatic rings. The highest BCUT2D eigenvalue weighted by atomic mass is 19.1.